The lowest BCUT2D eigenvalue weighted by Crippen LogP contribution is -2.31. The van der Waals surface area contributed by atoms with Gasteiger partial charge in [0.1, 0.15) is 4.90 Å². The second kappa shape index (κ2) is 7.24. The fraction of sp³-hybridized carbons (Fsp3) is 0.600. The van der Waals surface area contributed by atoms with E-state index in [0.717, 1.165) is 25.7 Å². The van der Waals surface area contributed by atoms with Gasteiger partial charge in [0.15, 0.2) is 0 Å². The van der Waals surface area contributed by atoms with Crippen LogP contribution in [0.4, 0.5) is 5.69 Å². The van der Waals surface area contributed by atoms with Gasteiger partial charge in [-0.15, -0.1) is 0 Å². The van der Waals surface area contributed by atoms with Gasteiger partial charge < -0.3 is 11.1 Å². The van der Waals surface area contributed by atoms with Crippen LogP contribution in [0.1, 0.15) is 32.6 Å². The minimum absolute atomic E-state index is 0.262. The highest BCUT2D eigenvalue weighted by atomic mass is 32.2. The lowest BCUT2D eigenvalue weighted by molar-refractivity contribution is 0.515. The van der Waals surface area contributed by atoms with E-state index in [-0.39, 0.29) is 6.04 Å². The van der Waals surface area contributed by atoms with Gasteiger partial charge in [-0.3, -0.25) is 0 Å². The molecular weight excluding hydrogens is 286 g/mol. The highest BCUT2D eigenvalue weighted by Crippen LogP contribution is 2.30. The smallest absolute Gasteiger partial charge is 0.242 e. The maximum atomic E-state index is 12.4. The van der Waals surface area contributed by atoms with Crippen LogP contribution >= 0.6 is 0 Å². The molecule has 1 aliphatic rings. The van der Waals surface area contributed by atoms with Gasteiger partial charge in [0.25, 0.3) is 0 Å². The molecule has 0 saturated heterocycles. The number of sulfonamides is 1. The topological polar surface area (TPSA) is 84.2 Å². The van der Waals surface area contributed by atoms with Crippen LogP contribution in [0, 0.1) is 5.92 Å². The second-order valence-corrected chi connectivity index (χ2v) is 7.31. The third kappa shape index (κ3) is 3.96. The molecule has 1 saturated carbocycles. The Labute approximate surface area is 127 Å². The van der Waals surface area contributed by atoms with E-state index in [1.807, 2.05) is 19.1 Å². The van der Waals surface area contributed by atoms with Gasteiger partial charge in [-0.25, -0.2) is 13.1 Å². The summed E-state index contributed by atoms with van der Waals surface area (Å²) in [6.07, 6.45) is 4.06. The van der Waals surface area contributed by atoms with Crippen molar-refractivity contribution in [2.45, 2.75) is 43.5 Å². The molecule has 0 bridgehead atoms. The van der Waals surface area contributed by atoms with Crippen molar-refractivity contribution in [1.29, 1.82) is 0 Å². The molecule has 1 fully saturated rings. The molecule has 1 aromatic rings. The van der Waals surface area contributed by atoms with Crippen LogP contribution < -0.4 is 15.8 Å². The van der Waals surface area contributed by atoms with Crippen LogP contribution in [0.2, 0.25) is 0 Å². The average molecular weight is 311 g/mol. The summed E-state index contributed by atoms with van der Waals surface area (Å²) in [5, 5.41) is 3.39. The molecule has 4 N–H and O–H groups in total. The lowest BCUT2D eigenvalue weighted by Gasteiger charge is -2.22. The van der Waals surface area contributed by atoms with E-state index in [9.17, 15) is 8.42 Å². The number of benzene rings is 1. The zero-order chi connectivity index (χ0) is 15.3. The summed E-state index contributed by atoms with van der Waals surface area (Å²) in [4.78, 5) is 0.320. The van der Waals surface area contributed by atoms with Gasteiger partial charge in [0.05, 0.1) is 5.69 Å². The third-order valence-corrected chi connectivity index (χ3v) is 5.54. The van der Waals surface area contributed by atoms with Crippen LogP contribution in [-0.2, 0) is 10.0 Å². The molecule has 0 aliphatic heterocycles. The number of anilines is 1. The molecule has 0 spiro atoms. The molecule has 5 nitrogen and oxygen atoms in total. The first-order chi connectivity index (χ1) is 10.1. The molecule has 2 rings (SSSR count). The summed E-state index contributed by atoms with van der Waals surface area (Å²) in [5.41, 5.74) is 6.47. The largest absolute Gasteiger partial charge is 0.381 e. The Bertz CT molecular complexity index is 560. The summed E-state index contributed by atoms with van der Waals surface area (Å²) in [6.45, 7) is 3.03. The van der Waals surface area contributed by atoms with Crippen molar-refractivity contribution in [3.05, 3.63) is 24.3 Å². The molecular formula is C15H25N3O2S. The molecule has 0 heterocycles. The van der Waals surface area contributed by atoms with E-state index in [1.54, 1.807) is 12.1 Å². The Balaban J connectivity index is 2.21. The molecule has 2 unspecified atom stereocenters. The van der Waals surface area contributed by atoms with Crippen molar-refractivity contribution in [2.24, 2.45) is 11.7 Å². The molecule has 118 valence electrons. The zero-order valence-corrected chi connectivity index (χ0v) is 13.3. The van der Waals surface area contributed by atoms with Crippen LogP contribution in [0.25, 0.3) is 0 Å². The van der Waals surface area contributed by atoms with Crippen molar-refractivity contribution in [1.82, 2.24) is 4.72 Å². The molecule has 1 aromatic carbocycles. The van der Waals surface area contributed by atoms with Crippen molar-refractivity contribution in [3.63, 3.8) is 0 Å². The Kier molecular flexibility index (Phi) is 5.61. The monoisotopic (exact) mass is 311 g/mol. The van der Waals surface area contributed by atoms with Crippen molar-refractivity contribution >= 4 is 15.7 Å². The van der Waals surface area contributed by atoms with E-state index in [2.05, 4.69) is 10.0 Å². The number of rotatable bonds is 7. The number of hydrogen-bond donors (Lipinski definition) is 3. The second-order valence-electron chi connectivity index (χ2n) is 5.57. The molecule has 0 amide bonds. The first kappa shape index (κ1) is 16.3. The quantitative estimate of drug-likeness (QED) is 0.718. The van der Waals surface area contributed by atoms with E-state index >= 15 is 0 Å². The number of nitrogens with one attached hydrogen (secondary N) is 2. The molecule has 0 radical (unpaired) electrons. The molecule has 21 heavy (non-hydrogen) atoms. The minimum atomic E-state index is -3.46. The zero-order valence-electron chi connectivity index (χ0n) is 12.5. The lowest BCUT2D eigenvalue weighted by atomic mass is 10.0. The van der Waals surface area contributed by atoms with Crippen molar-refractivity contribution < 1.29 is 8.42 Å². The van der Waals surface area contributed by atoms with Crippen LogP contribution in [-0.4, -0.2) is 27.5 Å². The standard InChI is InChI=1S/C15H25N3O2S/c1-2-10-17-21(19,20)15-9-4-3-7-14(15)18-13-8-5-6-12(13)11-16/h3-4,7,9,12-13,17-18H,2,5-6,8,10-11,16H2,1H3. The van der Waals surface area contributed by atoms with E-state index in [0.29, 0.717) is 29.6 Å². The summed E-state index contributed by atoms with van der Waals surface area (Å²) < 4.78 is 27.3. The molecule has 1 aliphatic carbocycles. The Morgan fingerprint density at radius 1 is 1.29 bits per heavy atom. The van der Waals surface area contributed by atoms with E-state index in [1.165, 1.54) is 0 Å². The number of hydrogen-bond acceptors (Lipinski definition) is 4. The minimum Gasteiger partial charge on any atom is -0.381 e. The van der Waals surface area contributed by atoms with Gasteiger partial charge >= 0.3 is 0 Å². The summed E-state index contributed by atoms with van der Waals surface area (Å²) in [5.74, 6) is 0.421. The first-order valence-electron chi connectivity index (χ1n) is 7.63. The normalized spacial score (nSPS) is 22.4. The van der Waals surface area contributed by atoms with Crippen molar-refractivity contribution in [2.75, 3.05) is 18.4 Å². The van der Waals surface area contributed by atoms with Gasteiger partial charge in [-0.1, -0.05) is 25.5 Å². The van der Waals surface area contributed by atoms with Gasteiger partial charge in [0.2, 0.25) is 10.0 Å². The summed E-state index contributed by atoms with van der Waals surface area (Å²) in [7, 11) is -3.46. The first-order valence-corrected chi connectivity index (χ1v) is 9.12. The van der Waals surface area contributed by atoms with Crippen molar-refractivity contribution in [3.8, 4) is 0 Å². The van der Waals surface area contributed by atoms with E-state index < -0.39 is 10.0 Å². The Morgan fingerprint density at radius 3 is 2.76 bits per heavy atom. The van der Waals surface area contributed by atoms with Gasteiger partial charge in [0, 0.05) is 12.6 Å². The van der Waals surface area contributed by atoms with Gasteiger partial charge in [-0.2, -0.15) is 0 Å². The average Bonchev–Trinajstić information content (AvgIpc) is 2.93. The highest BCUT2D eigenvalue weighted by molar-refractivity contribution is 7.89. The molecule has 2 atom stereocenters. The Hall–Kier alpha value is -1.11. The predicted molar refractivity (Wildman–Crippen MR) is 85.7 cm³/mol. The molecule has 0 aromatic heterocycles. The summed E-state index contributed by atoms with van der Waals surface area (Å²) in [6, 6.07) is 7.34. The third-order valence-electron chi connectivity index (χ3n) is 4.02. The fourth-order valence-electron chi connectivity index (χ4n) is 2.84. The number of nitrogens with two attached hydrogens (primary N) is 1. The number of para-hydroxylation sites is 1. The summed E-state index contributed by atoms with van der Waals surface area (Å²) >= 11 is 0. The fourth-order valence-corrected chi connectivity index (χ4v) is 4.15. The maximum Gasteiger partial charge on any atom is 0.242 e. The molecule has 6 heteroatoms. The van der Waals surface area contributed by atoms with E-state index in [4.69, 9.17) is 5.73 Å². The van der Waals surface area contributed by atoms with Crippen LogP contribution in [0.3, 0.4) is 0 Å². The van der Waals surface area contributed by atoms with Gasteiger partial charge in [-0.05, 0) is 43.9 Å². The maximum absolute atomic E-state index is 12.4. The predicted octanol–water partition coefficient (Wildman–Crippen LogP) is 1.91. The Morgan fingerprint density at radius 2 is 2.05 bits per heavy atom. The van der Waals surface area contributed by atoms with Crippen LogP contribution in [0.5, 0.6) is 0 Å². The van der Waals surface area contributed by atoms with Crippen LogP contribution in [0.15, 0.2) is 29.2 Å². The highest BCUT2D eigenvalue weighted by Gasteiger charge is 2.27. The SMILES string of the molecule is CCCNS(=O)(=O)c1ccccc1NC1CCCC1CN.